The Morgan fingerprint density at radius 1 is 1.28 bits per heavy atom. The molecule has 1 aromatic carbocycles. The molecule has 1 amide bonds. The van der Waals surface area contributed by atoms with Gasteiger partial charge in [0, 0.05) is 37.9 Å². The molecule has 1 aliphatic heterocycles. The van der Waals surface area contributed by atoms with Gasteiger partial charge in [-0.05, 0) is 51.5 Å². The van der Waals surface area contributed by atoms with E-state index < -0.39 is 0 Å². The smallest absolute Gasteiger partial charge is 0.280 e. The number of rotatable bonds is 7. The second-order valence-electron chi connectivity index (χ2n) is 8.08. The summed E-state index contributed by atoms with van der Waals surface area (Å²) in [5.74, 6) is -0.483. The van der Waals surface area contributed by atoms with Crippen LogP contribution >= 0.6 is 23.7 Å². The summed E-state index contributed by atoms with van der Waals surface area (Å²) in [5, 5.41) is 5.11. The van der Waals surface area contributed by atoms with Gasteiger partial charge in [-0.15, -0.1) is 12.4 Å². The van der Waals surface area contributed by atoms with Gasteiger partial charge >= 0.3 is 0 Å². The third-order valence-corrected chi connectivity index (χ3v) is 6.45. The Kier molecular flexibility index (Phi) is 8.21. The molecule has 10 heteroatoms. The van der Waals surface area contributed by atoms with E-state index in [0.29, 0.717) is 22.9 Å². The van der Waals surface area contributed by atoms with E-state index in [1.165, 1.54) is 23.5 Å². The third-order valence-electron chi connectivity index (χ3n) is 5.41. The molecule has 32 heavy (non-hydrogen) atoms. The average Bonchev–Trinajstić information content (AvgIpc) is 3.34. The molecule has 7 nitrogen and oxygen atoms in total. The van der Waals surface area contributed by atoms with Gasteiger partial charge in [-0.25, -0.2) is 9.37 Å². The van der Waals surface area contributed by atoms with E-state index in [4.69, 9.17) is 4.74 Å². The van der Waals surface area contributed by atoms with Crippen LogP contribution in [0.25, 0.3) is 10.2 Å². The highest BCUT2D eigenvalue weighted by Crippen LogP contribution is 2.30. The summed E-state index contributed by atoms with van der Waals surface area (Å²) >= 11 is 1.33. The second-order valence-corrected chi connectivity index (χ2v) is 9.09. The highest BCUT2D eigenvalue weighted by Gasteiger charge is 2.25. The van der Waals surface area contributed by atoms with Crippen LogP contribution in [0.15, 0.2) is 24.3 Å². The Morgan fingerprint density at radius 3 is 2.72 bits per heavy atom. The molecular weight excluding hydrogens is 453 g/mol. The highest BCUT2D eigenvalue weighted by molar-refractivity contribution is 7.22. The fraction of sp³-hybridized carbons (Fsp3) is 0.500. The van der Waals surface area contributed by atoms with Crippen LogP contribution in [-0.4, -0.2) is 65.0 Å². The van der Waals surface area contributed by atoms with Crippen LogP contribution in [0, 0.1) is 12.7 Å². The molecule has 174 valence electrons. The molecule has 3 heterocycles. The predicted molar refractivity (Wildman–Crippen MR) is 128 cm³/mol. The van der Waals surface area contributed by atoms with Gasteiger partial charge in [0.2, 0.25) is 0 Å². The van der Waals surface area contributed by atoms with E-state index in [0.717, 1.165) is 49.7 Å². The van der Waals surface area contributed by atoms with Crippen molar-refractivity contribution < 1.29 is 13.9 Å². The van der Waals surface area contributed by atoms with E-state index >= 15 is 0 Å². The first-order valence-electron chi connectivity index (χ1n) is 10.7. The van der Waals surface area contributed by atoms with Crippen molar-refractivity contribution >= 4 is 45.0 Å². The maximum Gasteiger partial charge on any atom is 0.280 e. The molecule has 0 radical (unpaired) electrons. The van der Waals surface area contributed by atoms with Gasteiger partial charge in [-0.1, -0.05) is 11.3 Å². The van der Waals surface area contributed by atoms with Crippen molar-refractivity contribution in [3.8, 4) is 0 Å². The van der Waals surface area contributed by atoms with Crippen molar-refractivity contribution in [2.75, 3.05) is 44.3 Å². The Balaban J connectivity index is 0.00000289. The van der Waals surface area contributed by atoms with Crippen LogP contribution in [0.4, 0.5) is 9.52 Å². The summed E-state index contributed by atoms with van der Waals surface area (Å²) in [5.41, 5.74) is 2.04. The topological polar surface area (TPSA) is 63.5 Å². The van der Waals surface area contributed by atoms with Crippen molar-refractivity contribution in [3.63, 3.8) is 0 Å². The number of carbonyl (C=O) groups is 1. The number of anilines is 1. The van der Waals surface area contributed by atoms with Crippen LogP contribution in [-0.2, 0) is 4.74 Å². The van der Waals surface area contributed by atoms with E-state index in [9.17, 15) is 9.18 Å². The maximum atomic E-state index is 13.7. The lowest BCUT2D eigenvalue weighted by Gasteiger charge is -2.27. The van der Waals surface area contributed by atoms with Crippen molar-refractivity contribution in [2.24, 2.45) is 0 Å². The number of aryl methyl sites for hydroxylation is 1. The number of amides is 1. The van der Waals surface area contributed by atoms with E-state index in [1.807, 2.05) is 31.5 Å². The molecule has 1 saturated heterocycles. The SMILES string of the molecule is Cc1cc(C(=O)N(CCCN2CCOCC2)c2nc3ccc(F)cc3s2)nn1C(C)C.Cl. The van der Waals surface area contributed by atoms with Gasteiger partial charge in [0.25, 0.3) is 5.91 Å². The summed E-state index contributed by atoms with van der Waals surface area (Å²) < 4.78 is 21.7. The predicted octanol–water partition coefficient (Wildman–Crippen LogP) is 4.31. The lowest BCUT2D eigenvalue weighted by Crippen LogP contribution is -2.39. The third kappa shape index (κ3) is 5.46. The van der Waals surface area contributed by atoms with Gasteiger partial charge in [0.15, 0.2) is 10.8 Å². The fourth-order valence-corrected chi connectivity index (χ4v) is 4.83. The minimum absolute atomic E-state index is 0. The Morgan fingerprint density at radius 2 is 2.03 bits per heavy atom. The normalized spacial score (nSPS) is 14.7. The van der Waals surface area contributed by atoms with Crippen LogP contribution in [0.1, 0.15) is 42.5 Å². The summed E-state index contributed by atoms with van der Waals surface area (Å²) in [6.07, 6.45) is 0.805. The zero-order valence-electron chi connectivity index (χ0n) is 18.6. The summed E-state index contributed by atoms with van der Waals surface area (Å²) in [7, 11) is 0. The molecule has 0 unspecified atom stereocenters. The highest BCUT2D eigenvalue weighted by atomic mass is 35.5. The minimum atomic E-state index is -0.306. The molecule has 0 atom stereocenters. The average molecular weight is 482 g/mol. The van der Waals surface area contributed by atoms with E-state index in [2.05, 4.69) is 15.0 Å². The molecule has 0 bridgehead atoms. The van der Waals surface area contributed by atoms with Crippen molar-refractivity contribution in [1.29, 1.82) is 0 Å². The fourth-order valence-electron chi connectivity index (χ4n) is 3.82. The zero-order chi connectivity index (χ0) is 22.0. The van der Waals surface area contributed by atoms with Crippen molar-refractivity contribution in [1.82, 2.24) is 19.7 Å². The molecule has 0 spiro atoms. The Hall–Kier alpha value is -2.07. The molecule has 2 aromatic heterocycles. The number of benzene rings is 1. The van der Waals surface area contributed by atoms with Crippen LogP contribution in [0.2, 0.25) is 0 Å². The zero-order valence-corrected chi connectivity index (χ0v) is 20.2. The van der Waals surface area contributed by atoms with E-state index in [1.54, 1.807) is 11.0 Å². The van der Waals surface area contributed by atoms with E-state index in [-0.39, 0.29) is 30.2 Å². The van der Waals surface area contributed by atoms with Gasteiger partial charge in [0.1, 0.15) is 5.82 Å². The monoisotopic (exact) mass is 481 g/mol. The first kappa shape index (κ1) is 24.6. The van der Waals surface area contributed by atoms with Crippen LogP contribution in [0.3, 0.4) is 0 Å². The van der Waals surface area contributed by atoms with Crippen molar-refractivity contribution in [2.45, 2.75) is 33.2 Å². The molecule has 3 aromatic rings. The Bertz CT molecular complexity index is 1060. The molecule has 1 fully saturated rings. The Labute approximate surface area is 197 Å². The lowest BCUT2D eigenvalue weighted by atomic mass is 10.3. The van der Waals surface area contributed by atoms with Crippen molar-refractivity contribution in [3.05, 3.63) is 41.5 Å². The number of ether oxygens (including phenoxy) is 1. The van der Waals surface area contributed by atoms with Crippen LogP contribution in [0.5, 0.6) is 0 Å². The minimum Gasteiger partial charge on any atom is -0.379 e. The summed E-state index contributed by atoms with van der Waals surface area (Å²) in [6.45, 7) is 10.7. The molecular formula is C22H29ClFN5O2S. The summed E-state index contributed by atoms with van der Waals surface area (Å²) in [6, 6.07) is 6.50. The first-order chi connectivity index (χ1) is 14.9. The molecule has 0 saturated carbocycles. The number of aromatic nitrogens is 3. The van der Waals surface area contributed by atoms with Gasteiger partial charge in [0.05, 0.1) is 23.4 Å². The number of carbonyl (C=O) groups excluding carboxylic acids is 1. The maximum absolute atomic E-state index is 13.7. The first-order valence-corrected chi connectivity index (χ1v) is 11.5. The lowest BCUT2D eigenvalue weighted by molar-refractivity contribution is 0.0376. The quantitative estimate of drug-likeness (QED) is 0.503. The van der Waals surface area contributed by atoms with Gasteiger partial charge < -0.3 is 4.74 Å². The largest absolute Gasteiger partial charge is 0.379 e. The summed E-state index contributed by atoms with van der Waals surface area (Å²) in [4.78, 5) is 22.1. The molecule has 0 N–H and O–H groups in total. The number of nitrogens with zero attached hydrogens (tertiary/aromatic N) is 5. The van der Waals surface area contributed by atoms with Crippen LogP contribution < -0.4 is 4.90 Å². The van der Waals surface area contributed by atoms with Gasteiger partial charge in [-0.3, -0.25) is 19.3 Å². The van der Waals surface area contributed by atoms with Gasteiger partial charge in [-0.2, -0.15) is 5.10 Å². The number of hydrogen-bond donors (Lipinski definition) is 0. The number of fused-ring (bicyclic) bond motifs is 1. The molecule has 4 rings (SSSR count). The standard InChI is InChI=1S/C22H28FN5O2S.ClH/c1-15(2)28-16(3)13-19(25-28)21(29)27(8-4-7-26-9-11-30-12-10-26)22-24-18-6-5-17(23)14-20(18)31-22;/h5-6,13-15H,4,7-12H2,1-3H3;1H. The number of hydrogen-bond acceptors (Lipinski definition) is 6. The molecule has 0 aliphatic carbocycles. The number of thiazole rings is 1. The number of halogens is 2. The number of morpholine rings is 1. The molecule has 1 aliphatic rings. The second kappa shape index (κ2) is 10.7.